The van der Waals surface area contributed by atoms with Gasteiger partial charge in [0.15, 0.2) is 23.3 Å². The van der Waals surface area contributed by atoms with Crippen LogP contribution in [0.5, 0.6) is 0 Å². The van der Waals surface area contributed by atoms with E-state index in [0.29, 0.717) is 6.42 Å². The highest BCUT2D eigenvalue weighted by Crippen LogP contribution is 2.23. The van der Waals surface area contributed by atoms with Crippen molar-refractivity contribution in [2.75, 3.05) is 0 Å². The second kappa shape index (κ2) is 6.79. The number of nitrogens with two attached hydrogens (primary N) is 1. The molecule has 9 heteroatoms. The molecule has 0 fully saturated rings. The normalized spacial score (nSPS) is 12.1. The van der Waals surface area contributed by atoms with Gasteiger partial charge in [-0.3, -0.25) is 4.79 Å². The standard InChI is InChI=1S/C12H11F5N2OS/c1-2-4(3-5(18)21)19-12(20)6-7(13)9(15)11(17)10(16)8(6)14/h4H,2-3H2,1H3,(H2,18,21)(H,19,20). The Labute approximate surface area is 122 Å². The minimum atomic E-state index is -2.32. The first-order chi connectivity index (χ1) is 9.70. The number of halogens is 5. The molecule has 0 bridgehead atoms. The van der Waals surface area contributed by atoms with E-state index in [4.69, 9.17) is 5.73 Å². The van der Waals surface area contributed by atoms with E-state index in [0.717, 1.165) is 0 Å². The zero-order valence-electron chi connectivity index (χ0n) is 10.8. The minimum absolute atomic E-state index is 0.0347. The predicted molar refractivity (Wildman–Crippen MR) is 69.2 cm³/mol. The molecule has 1 atom stereocenters. The van der Waals surface area contributed by atoms with Crippen LogP contribution in [0.2, 0.25) is 0 Å². The van der Waals surface area contributed by atoms with Gasteiger partial charge in [0.05, 0.1) is 4.99 Å². The molecule has 0 aliphatic carbocycles. The maximum absolute atomic E-state index is 13.4. The summed E-state index contributed by atoms with van der Waals surface area (Å²) >= 11 is 4.63. The van der Waals surface area contributed by atoms with Gasteiger partial charge < -0.3 is 11.1 Å². The minimum Gasteiger partial charge on any atom is -0.393 e. The van der Waals surface area contributed by atoms with Gasteiger partial charge in [-0.05, 0) is 6.42 Å². The number of carbonyl (C=O) groups is 1. The van der Waals surface area contributed by atoms with E-state index < -0.39 is 46.6 Å². The zero-order valence-corrected chi connectivity index (χ0v) is 11.6. The molecule has 1 aromatic rings. The van der Waals surface area contributed by atoms with Crippen LogP contribution in [0.25, 0.3) is 0 Å². The van der Waals surface area contributed by atoms with E-state index in [-0.39, 0.29) is 11.4 Å². The van der Waals surface area contributed by atoms with Gasteiger partial charge in [-0.15, -0.1) is 0 Å². The van der Waals surface area contributed by atoms with E-state index >= 15 is 0 Å². The fourth-order valence-electron chi connectivity index (χ4n) is 1.60. The second-order valence-corrected chi connectivity index (χ2v) is 4.72. The van der Waals surface area contributed by atoms with Crippen molar-refractivity contribution in [3.63, 3.8) is 0 Å². The van der Waals surface area contributed by atoms with Crippen molar-refractivity contribution in [3.8, 4) is 0 Å². The van der Waals surface area contributed by atoms with Gasteiger partial charge in [0.1, 0.15) is 5.56 Å². The monoisotopic (exact) mass is 326 g/mol. The molecule has 0 spiro atoms. The van der Waals surface area contributed by atoms with Gasteiger partial charge in [-0.1, -0.05) is 19.1 Å². The van der Waals surface area contributed by atoms with Gasteiger partial charge in [-0.2, -0.15) is 0 Å². The molecular weight excluding hydrogens is 315 g/mol. The van der Waals surface area contributed by atoms with Crippen LogP contribution in [0.3, 0.4) is 0 Å². The smallest absolute Gasteiger partial charge is 0.257 e. The van der Waals surface area contributed by atoms with E-state index in [1.165, 1.54) is 0 Å². The van der Waals surface area contributed by atoms with Crippen LogP contribution < -0.4 is 11.1 Å². The van der Waals surface area contributed by atoms with Gasteiger partial charge in [0.25, 0.3) is 5.91 Å². The number of hydrogen-bond acceptors (Lipinski definition) is 2. The maximum atomic E-state index is 13.4. The highest BCUT2D eigenvalue weighted by molar-refractivity contribution is 7.80. The van der Waals surface area contributed by atoms with Crippen molar-refractivity contribution in [2.45, 2.75) is 25.8 Å². The molecule has 3 N–H and O–H groups in total. The third-order valence-electron chi connectivity index (χ3n) is 2.71. The van der Waals surface area contributed by atoms with Crippen LogP contribution in [0.4, 0.5) is 22.0 Å². The number of thiocarbonyl (C=S) groups is 1. The molecule has 1 aromatic carbocycles. The third kappa shape index (κ3) is 3.66. The third-order valence-corrected chi connectivity index (χ3v) is 2.88. The molecular formula is C12H11F5N2OS. The number of rotatable bonds is 5. The number of amides is 1. The highest BCUT2D eigenvalue weighted by atomic mass is 32.1. The summed E-state index contributed by atoms with van der Waals surface area (Å²) in [5.41, 5.74) is 3.74. The van der Waals surface area contributed by atoms with Crippen LogP contribution >= 0.6 is 12.2 Å². The Hall–Kier alpha value is -1.77. The molecule has 0 aliphatic rings. The van der Waals surface area contributed by atoms with Crippen molar-refractivity contribution >= 4 is 23.1 Å². The first kappa shape index (κ1) is 17.3. The Bertz CT molecular complexity index is 564. The number of benzene rings is 1. The average Bonchev–Trinajstić information content (AvgIpc) is 2.42. The first-order valence-electron chi connectivity index (χ1n) is 5.81. The van der Waals surface area contributed by atoms with Crippen molar-refractivity contribution in [1.82, 2.24) is 5.32 Å². The lowest BCUT2D eigenvalue weighted by molar-refractivity contribution is 0.0925. The maximum Gasteiger partial charge on any atom is 0.257 e. The van der Waals surface area contributed by atoms with Crippen molar-refractivity contribution in [2.24, 2.45) is 5.73 Å². The largest absolute Gasteiger partial charge is 0.393 e. The lowest BCUT2D eigenvalue weighted by atomic mass is 10.1. The molecule has 0 aliphatic heterocycles. The molecule has 0 saturated heterocycles. The molecule has 3 nitrogen and oxygen atoms in total. The lowest BCUT2D eigenvalue weighted by Crippen LogP contribution is -2.38. The van der Waals surface area contributed by atoms with Crippen LogP contribution in [-0.4, -0.2) is 16.9 Å². The Morgan fingerprint density at radius 2 is 1.52 bits per heavy atom. The second-order valence-electron chi connectivity index (χ2n) is 4.19. The average molecular weight is 326 g/mol. The van der Waals surface area contributed by atoms with E-state index in [1.54, 1.807) is 6.92 Å². The Kier molecular flexibility index (Phi) is 5.59. The molecule has 1 rings (SSSR count). The molecule has 1 unspecified atom stereocenters. The van der Waals surface area contributed by atoms with Crippen LogP contribution in [0, 0.1) is 29.1 Å². The molecule has 1 amide bonds. The highest BCUT2D eigenvalue weighted by Gasteiger charge is 2.30. The summed E-state index contributed by atoms with van der Waals surface area (Å²) in [6.45, 7) is 1.63. The molecule has 116 valence electrons. The van der Waals surface area contributed by atoms with E-state index in [9.17, 15) is 26.7 Å². The quantitative estimate of drug-likeness (QED) is 0.378. The zero-order chi connectivity index (χ0) is 16.3. The fraction of sp³-hybridized carbons (Fsp3) is 0.333. The molecule has 0 saturated carbocycles. The van der Waals surface area contributed by atoms with Crippen molar-refractivity contribution in [1.29, 1.82) is 0 Å². The number of carbonyl (C=O) groups excluding carboxylic acids is 1. The SMILES string of the molecule is CCC(CC(N)=S)NC(=O)c1c(F)c(F)c(F)c(F)c1F. The summed E-state index contributed by atoms with van der Waals surface area (Å²) in [6, 6.07) is -0.676. The summed E-state index contributed by atoms with van der Waals surface area (Å²) in [4.78, 5) is 11.8. The summed E-state index contributed by atoms with van der Waals surface area (Å²) in [6.07, 6.45) is 0.339. The van der Waals surface area contributed by atoms with Crippen LogP contribution in [0.15, 0.2) is 0 Å². The van der Waals surface area contributed by atoms with Gasteiger partial charge >= 0.3 is 0 Å². The fourth-order valence-corrected chi connectivity index (χ4v) is 1.80. The molecule has 0 radical (unpaired) electrons. The van der Waals surface area contributed by atoms with Crippen molar-refractivity contribution in [3.05, 3.63) is 34.6 Å². The van der Waals surface area contributed by atoms with Gasteiger partial charge in [-0.25, -0.2) is 22.0 Å². The number of nitrogens with one attached hydrogen (secondary N) is 1. The van der Waals surface area contributed by atoms with Crippen LogP contribution in [-0.2, 0) is 0 Å². The van der Waals surface area contributed by atoms with Crippen LogP contribution in [0.1, 0.15) is 30.1 Å². The van der Waals surface area contributed by atoms with Gasteiger partial charge in [0, 0.05) is 12.5 Å². The summed E-state index contributed by atoms with van der Waals surface area (Å²) in [5.74, 6) is -12.5. The van der Waals surface area contributed by atoms with E-state index in [2.05, 4.69) is 17.5 Å². The topological polar surface area (TPSA) is 55.1 Å². The summed E-state index contributed by atoms with van der Waals surface area (Å²) < 4.78 is 65.8. The predicted octanol–water partition coefficient (Wildman–Crippen LogP) is 2.57. The Balaban J connectivity index is 3.16. The van der Waals surface area contributed by atoms with Crippen molar-refractivity contribution < 1.29 is 26.7 Å². The van der Waals surface area contributed by atoms with E-state index in [1.807, 2.05) is 0 Å². The molecule has 0 aromatic heterocycles. The Morgan fingerprint density at radius 3 is 1.90 bits per heavy atom. The Morgan fingerprint density at radius 1 is 1.10 bits per heavy atom. The summed E-state index contributed by atoms with van der Waals surface area (Å²) in [5, 5.41) is 2.13. The molecule has 0 heterocycles. The molecule has 21 heavy (non-hydrogen) atoms. The number of hydrogen-bond donors (Lipinski definition) is 2. The summed E-state index contributed by atoms with van der Waals surface area (Å²) in [7, 11) is 0. The lowest BCUT2D eigenvalue weighted by Gasteiger charge is -2.17. The first-order valence-corrected chi connectivity index (χ1v) is 6.22. The van der Waals surface area contributed by atoms with Gasteiger partial charge in [0.2, 0.25) is 5.82 Å².